The van der Waals surface area contributed by atoms with Crippen LogP contribution in [0, 0.1) is 0 Å². The van der Waals surface area contributed by atoms with E-state index in [0.717, 1.165) is 24.9 Å². The Morgan fingerprint density at radius 3 is 3.00 bits per heavy atom. The molecule has 0 bridgehead atoms. The second-order valence-corrected chi connectivity index (χ2v) is 4.09. The van der Waals surface area contributed by atoms with Gasteiger partial charge < -0.3 is 10.6 Å². The average Bonchev–Trinajstić information content (AvgIpc) is 2.37. The summed E-state index contributed by atoms with van der Waals surface area (Å²) in [5.41, 5.74) is 1.09. The fourth-order valence-corrected chi connectivity index (χ4v) is 1.46. The molecule has 4 nitrogen and oxygen atoms in total. The van der Waals surface area contributed by atoms with Crippen LogP contribution in [-0.4, -0.2) is 24.0 Å². The number of nitrogens with zero attached hydrogens (tertiary/aromatic N) is 1. The van der Waals surface area contributed by atoms with Crippen LogP contribution in [0.5, 0.6) is 0 Å². The lowest BCUT2D eigenvalue weighted by atomic mass is 10.1. The van der Waals surface area contributed by atoms with E-state index in [4.69, 9.17) is 0 Å². The van der Waals surface area contributed by atoms with Crippen LogP contribution in [0.1, 0.15) is 38.3 Å². The second-order valence-electron chi connectivity index (χ2n) is 4.09. The Morgan fingerprint density at radius 2 is 2.35 bits per heavy atom. The maximum Gasteiger partial charge on any atom is 0.233 e. The van der Waals surface area contributed by atoms with Gasteiger partial charge in [0.15, 0.2) is 0 Å². The monoisotopic (exact) mass is 235 g/mol. The molecule has 0 aliphatic heterocycles. The van der Waals surface area contributed by atoms with Gasteiger partial charge in [0.05, 0.1) is 6.54 Å². The zero-order chi connectivity index (χ0) is 12.5. The van der Waals surface area contributed by atoms with E-state index >= 15 is 0 Å². The molecule has 0 fully saturated rings. The molecule has 0 aliphatic rings. The minimum absolute atomic E-state index is 0.0502. The summed E-state index contributed by atoms with van der Waals surface area (Å²) >= 11 is 0. The largest absolute Gasteiger partial charge is 0.355 e. The summed E-state index contributed by atoms with van der Waals surface area (Å²) in [5.74, 6) is 0.0502. The van der Waals surface area contributed by atoms with Crippen LogP contribution < -0.4 is 10.6 Å². The molecule has 17 heavy (non-hydrogen) atoms. The highest BCUT2D eigenvalue weighted by molar-refractivity contribution is 5.77. The third-order valence-corrected chi connectivity index (χ3v) is 2.61. The first-order valence-electron chi connectivity index (χ1n) is 6.14. The molecule has 0 saturated carbocycles. The first kappa shape index (κ1) is 13.6. The topological polar surface area (TPSA) is 54.0 Å². The molecule has 1 aromatic heterocycles. The van der Waals surface area contributed by atoms with Gasteiger partial charge in [-0.05, 0) is 25.0 Å². The van der Waals surface area contributed by atoms with E-state index in [-0.39, 0.29) is 11.9 Å². The highest BCUT2D eigenvalue weighted by Gasteiger charge is 2.06. The lowest BCUT2D eigenvalue weighted by Gasteiger charge is -2.13. The molecule has 0 aliphatic carbocycles. The summed E-state index contributed by atoms with van der Waals surface area (Å²) in [4.78, 5) is 15.5. The van der Waals surface area contributed by atoms with Crippen molar-refractivity contribution in [3.63, 3.8) is 0 Å². The van der Waals surface area contributed by atoms with Gasteiger partial charge in [0.2, 0.25) is 5.91 Å². The minimum atomic E-state index is 0.0502. The van der Waals surface area contributed by atoms with Crippen LogP contribution in [0.15, 0.2) is 24.5 Å². The van der Waals surface area contributed by atoms with Gasteiger partial charge in [-0.15, -0.1) is 0 Å². The quantitative estimate of drug-likeness (QED) is 0.707. The molecule has 2 N–H and O–H groups in total. The Morgan fingerprint density at radius 1 is 1.53 bits per heavy atom. The predicted molar refractivity (Wildman–Crippen MR) is 68.6 cm³/mol. The van der Waals surface area contributed by atoms with Crippen molar-refractivity contribution in [3.05, 3.63) is 30.1 Å². The Balaban J connectivity index is 2.24. The standard InChI is InChI=1S/C13H21N3O/c1-3-4-8-15-13(17)10-16-11(2)12-6-5-7-14-9-12/h5-7,9,11,16H,3-4,8,10H2,1-2H3,(H,15,17)/t11-/m1/s1. The van der Waals surface area contributed by atoms with Gasteiger partial charge in [-0.2, -0.15) is 0 Å². The Bertz CT molecular complexity index is 327. The van der Waals surface area contributed by atoms with Crippen molar-refractivity contribution in [1.82, 2.24) is 15.6 Å². The smallest absolute Gasteiger partial charge is 0.233 e. The van der Waals surface area contributed by atoms with E-state index in [0.29, 0.717) is 6.54 Å². The van der Waals surface area contributed by atoms with Crippen LogP contribution in [0.25, 0.3) is 0 Å². The van der Waals surface area contributed by atoms with E-state index in [9.17, 15) is 4.79 Å². The van der Waals surface area contributed by atoms with E-state index in [2.05, 4.69) is 22.5 Å². The number of amides is 1. The number of pyridine rings is 1. The SMILES string of the molecule is CCCCNC(=O)CN[C@H](C)c1cccnc1. The lowest BCUT2D eigenvalue weighted by Crippen LogP contribution is -2.35. The van der Waals surface area contributed by atoms with Gasteiger partial charge in [0, 0.05) is 25.0 Å². The van der Waals surface area contributed by atoms with Crippen LogP contribution in [0.3, 0.4) is 0 Å². The molecule has 94 valence electrons. The van der Waals surface area contributed by atoms with Crippen molar-refractivity contribution in [2.75, 3.05) is 13.1 Å². The third-order valence-electron chi connectivity index (χ3n) is 2.61. The lowest BCUT2D eigenvalue weighted by molar-refractivity contribution is -0.120. The van der Waals surface area contributed by atoms with E-state index in [1.807, 2.05) is 25.3 Å². The molecule has 0 saturated heterocycles. The first-order chi connectivity index (χ1) is 8.24. The van der Waals surface area contributed by atoms with Crippen molar-refractivity contribution in [1.29, 1.82) is 0 Å². The Hall–Kier alpha value is -1.42. The highest BCUT2D eigenvalue weighted by Crippen LogP contribution is 2.08. The summed E-state index contributed by atoms with van der Waals surface area (Å²) in [6, 6.07) is 4.04. The number of carbonyl (C=O) groups excluding carboxylic acids is 1. The van der Waals surface area contributed by atoms with Crippen molar-refractivity contribution in [3.8, 4) is 0 Å². The van der Waals surface area contributed by atoms with Crippen LogP contribution in [0.2, 0.25) is 0 Å². The molecular formula is C13H21N3O. The number of hydrogen-bond acceptors (Lipinski definition) is 3. The van der Waals surface area contributed by atoms with Crippen LogP contribution in [0.4, 0.5) is 0 Å². The number of aromatic nitrogens is 1. The molecule has 0 spiro atoms. The van der Waals surface area contributed by atoms with E-state index in [1.54, 1.807) is 6.20 Å². The molecule has 1 rings (SSSR count). The Labute approximate surface area is 103 Å². The molecule has 0 aromatic carbocycles. The zero-order valence-corrected chi connectivity index (χ0v) is 10.6. The van der Waals surface area contributed by atoms with Crippen LogP contribution in [-0.2, 0) is 4.79 Å². The fraction of sp³-hybridized carbons (Fsp3) is 0.538. The maximum absolute atomic E-state index is 11.5. The van der Waals surface area contributed by atoms with Gasteiger partial charge in [-0.25, -0.2) is 0 Å². The van der Waals surface area contributed by atoms with Gasteiger partial charge in [0.25, 0.3) is 0 Å². The molecule has 1 heterocycles. The summed E-state index contributed by atoms with van der Waals surface area (Å²) in [6.07, 6.45) is 5.68. The van der Waals surface area contributed by atoms with Crippen molar-refractivity contribution in [2.24, 2.45) is 0 Å². The second kappa shape index (κ2) is 7.79. The predicted octanol–water partition coefficient (Wildman–Crippen LogP) is 1.65. The molecule has 1 aromatic rings. The van der Waals surface area contributed by atoms with E-state index < -0.39 is 0 Å². The molecule has 1 amide bonds. The molecule has 4 heteroatoms. The maximum atomic E-state index is 11.5. The third kappa shape index (κ3) is 5.45. The number of unbranched alkanes of at least 4 members (excludes halogenated alkanes) is 1. The normalized spacial score (nSPS) is 12.1. The summed E-state index contributed by atoms with van der Waals surface area (Å²) in [7, 11) is 0. The molecule has 0 unspecified atom stereocenters. The van der Waals surface area contributed by atoms with Crippen molar-refractivity contribution < 1.29 is 4.79 Å². The van der Waals surface area contributed by atoms with Gasteiger partial charge in [0.1, 0.15) is 0 Å². The van der Waals surface area contributed by atoms with Crippen LogP contribution >= 0.6 is 0 Å². The average molecular weight is 235 g/mol. The van der Waals surface area contributed by atoms with Gasteiger partial charge >= 0.3 is 0 Å². The molecule has 1 atom stereocenters. The Kier molecular flexibility index (Phi) is 6.25. The molecular weight excluding hydrogens is 214 g/mol. The van der Waals surface area contributed by atoms with Gasteiger partial charge in [-0.3, -0.25) is 9.78 Å². The zero-order valence-electron chi connectivity index (χ0n) is 10.6. The fourth-order valence-electron chi connectivity index (χ4n) is 1.46. The van der Waals surface area contributed by atoms with E-state index in [1.165, 1.54) is 0 Å². The van der Waals surface area contributed by atoms with Crippen molar-refractivity contribution in [2.45, 2.75) is 32.7 Å². The minimum Gasteiger partial charge on any atom is -0.355 e. The summed E-state index contributed by atoms with van der Waals surface area (Å²) in [5, 5.41) is 6.05. The first-order valence-corrected chi connectivity index (χ1v) is 6.14. The number of nitrogens with one attached hydrogen (secondary N) is 2. The van der Waals surface area contributed by atoms with Gasteiger partial charge in [-0.1, -0.05) is 19.4 Å². The number of carbonyl (C=O) groups is 1. The van der Waals surface area contributed by atoms with Crippen molar-refractivity contribution >= 4 is 5.91 Å². The summed E-state index contributed by atoms with van der Waals surface area (Å²) in [6.45, 7) is 5.24. The molecule has 0 radical (unpaired) electrons. The number of hydrogen-bond donors (Lipinski definition) is 2. The highest BCUT2D eigenvalue weighted by atomic mass is 16.1. The number of rotatable bonds is 7. The summed E-state index contributed by atoms with van der Waals surface area (Å²) < 4.78 is 0.